The zero-order chi connectivity index (χ0) is 14.0. The van der Waals surface area contributed by atoms with E-state index in [9.17, 15) is 4.39 Å². The molecule has 1 aliphatic rings. The van der Waals surface area contributed by atoms with E-state index in [1.807, 2.05) is 19.1 Å². The Hall–Kier alpha value is -0.890. The first-order valence-electron chi connectivity index (χ1n) is 7.49. The first kappa shape index (κ1) is 14.5. The monoisotopic (exact) mass is 263 g/mol. The molecule has 1 aromatic rings. The van der Waals surface area contributed by atoms with E-state index in [-0.39, 0.29) is 5.82 Å². The SMILES string of the molecule is Cc1cc(C2CC(C(C)C)CCC2CN)ccc1F. The van der Waals surface area contributed by atoms with E-state index in [1.165, 1.54) is 24.8 Å². The van der Waals surface area contributed by atoms with Crippen LogP contribution in [0.5, 0.6) is 0 Å². The standard InChI is InChI=1S/C17H26FN/c1-11(2)13-4-5-15(10-19)16(9-13)14-6-7-17(18)12(3)8-14/h6-8,11,13,15-16H,4-5,9-10,19H2,1-3H3. The average molecular weight is 263 g/mol. The predicted octanol–water partition coefficient (Wildman–Crippen LogP) is 4.25. The van der Waals surface area contributed by atoms with Crippen molar-refractivity contribution in [3.05, 3.63) is 35.1 Å². The highest BCUT2D eigenvalue weighted by atomic mass is 19.1. The fourth-order valence-corrected chi connectivity index (χ4v) is 3.46. The maximum absolute atomic E-state index is 13.4. The van der Waals surface area contributed by atoms with Crippen LogP contribution in [0.4, 0.5) is 4.39 Å². The molecule has 3 unspecified atom stereocenters. The third-order valence-electron chi connectivity index (χ3n) is 4.89. The summed E-state index contributed by atoms with van der Waals surface area (Å²) in [5.74, 6) is 2.45. The van der Waals surface area contributed by atoms with Gasteiger partial charge in [-0.15, -0.1) is 0 Å². The largest absolute Gasteiger partial charge is 0.330 e. The van der Waals surface area contributed by atoms with Crippen LogP contribution in [-0.2, 0) is 0 Å². The molecule has 106 valence electrons. The lowest BCUT2D eigenvalue weighted by Crippen LogP contribution is -2.30. The topological polar surface area (TPSA) is 26.0 Å². The second kappa shape index (κ2) is 6.04. The van der Waals surface area contributed by atoms with Gasteiger partial charge < -0.3 is 5.73 Å². The lowest BCUT2D eigenvalue weighted by atomic mass is 9.68. The summed E-state index contributed by atoms with van der Waals surface area (Å²) in [6, 6.07) is 5.58. The Morgan fingerprint density at radius 1 is 1.32 bits per heavy atom. The van der Waals surface area contributed by atoms with Gasteiger partial charge in [-0.25, -0.2) is 4.39 Å². The van der Waals surface area contributed by atoms with Gasteiger partial charge in [-0.1, -0.05) is 26.0 Å². The highest BCUT2D eigenvalue weighted by molar-refractivity contribution is 5.28. The Balaban J connectivity index is 2.24. The van der Waals surface area contributed by atoms with Gasteiger partial charge in [0.25, 0.3) is 0 Å². The molecule has 2 N–H and O–H groups in total. The highest BCUT2D eigenvalue weighted by Gasteiger charge is 2.32. The van der Waals surface area contributed by atoms with Gasteiger partial charge in [0.2, 0.25) is 0 Å². The molecule has 0 radical (unpaired) electrons. The summed E-state index contributed by atoms with van der Waals surface area (Å²) in [4.78, 5) is 0. The van der Waals surface area contributed by atoms with E-state index >= 15 is 0 Å². The van der Waals surface area contributed by atoms with E-state index < -0.39 is 0 Å². The number of hydrogen-bond acceptors (Lipinski definition) is 1. The summed E-state index contributed by atoms with van der Waals surface area (Å²) in [7, 11) is 0. The lowest BCUT2D eigenvalue weighted by Gasteiger charge is -2.38. The van der Waals surface area contributed by atoms with Crippen molar-refractivity contribution < 1.29 is 4.39 Å². The Kier molecular flexibility index (Phi) is 4.62. The van der Waals surface area contributed by atoms with E-state index in [4.69, 9.17) is 5.73 Å². The van der Waals surface area contributed by atoms with Crippen molar-refractivity contribution in [2.45, 2.75) is 46.0 Å². The smallest absolute Gasteiger partial charge is 0.126 e. The number of benzene rings is 1. The molecule has 0 bridgehead atoms. The quantitative estimate of drug-likeness (QED) is 0.867. The molecule has 19 heavy (non-hydrogen) atoms. The summed E-state index contributed by atoms with van der Waals surface area (Å²) < 4.78 is 13.4. The Morgan fingerprint density at radius 2 is 2.05 bits per heavy atom. The van der Waals surface area contributed by atoms with Crippen LogP contribution in [0.15, 0.2) is 18.2 Å². The van der Waals surface area contributed by atoms with Crippen molar-refractivity contribution in [2.75, 3.05) is 6.54 Å². The summed E-state index contributed by atoms with van der Waals surface area (Å²) in [6.07, 6.45) is 3.70. The summed E-state index contributed by atoms with van der Waals surface area (Å²) in [5, 5.41) is 0. The lowest BCUT2D eigenvalue weighted by molar-refractivity contribution is 0.197. The molecule has 0 aromatic heterocycles. The molecule has 0 amide bonds. The van der Waals surface area contributed by atoms with Gasteiger partial charge >= 0.3 is 0 Å². The zero-order valence-corrected chi connectivity index (χ0v) is 12.3. The third-order valence-corrected chi connectivity index (χ3v) is 4.89. The Bertz CT molecular complexity index is 427. The summed E-state index contributed by atoms with van der Waals surface area (Å²) >= 11 is 0. The van der Waals surface area contributed by atoms with E-state index in [2.05, 4.69) is 13.8 Å². The van der Waals surface area contributed by atoms with Gasteiger partial charge in [-0.3, -0.25) is 0 Å². The molecular formula is C17H26FN. The maximum Gasteiger partial charge on any atom is 0.126 e. The summed E-state index contributed by atoms with van der Waals surface area (Å²) in [5.41, 5.74) is 7.97. The molecule has 1 saturated carbocycles. The van der Waals surface area contributed by atoms with Gasteiger partial charge in [0, 0.05) is 0 Å². The number of nitrogens with two attached hydrogens (primary N) is 1. The van der Waals surface area contributed by atoms with Crippen LogP contribution in [0.25, 0.3) is 0 Å². The van der Waals surface area contributed by atoms with Crippen molar-refractivity contribution in [3.63, 3.8) is 0 Å². The van der Waals surface area contributed by atoms with Gasteiger partial charge in [-0.2, -0.15) is 0 Å². The number of aryl methyl sites for hydroxylation is 1. The van der Waals surface area contributed by atoms with Crippen LogP contribution < -0.4 is 5.73 Å². The van der Waals surface area contributed by atoms with E-state index in [0.717, 1.165) is 23.9 Å². The fraction of sp³-hybridized carbons (Fsp3) is 0.647. The second-order valence-corrected chi connectivity index (χ2v) is 6.43. The molecule has 1 fully saturated rings. The number of hydrogen-bond donors (Lipinski definition) is 1. The van der Waals surface area contributed by atoms with Gasteiger partial charge in [0.05, 0.1) is 0 Å². The van der Waals surface area contributed by atoms with Crippen LogP contribution >= 0.6 is 0 Å². The molecule has 0 saturated heterocycles. The van der Waals surface area contributed by atoms with E-state index in [0.29, 0.717) is 11.8 Å². The molecule has 2 heteroatoms. The Labute approximate surface area is 116 Å². The van der Waals surface area contributed by atoms with Crippen LogP contribution in [0.1, 0.15) is 50.2 Å². The highest BCUT2D eigenvalue weighted by Crippen LogP contribution is 2.42. The van der Waals surface area contributed by atoms with Gasteiger partial charge in [0.1, 0.15) is 5.82 Å². The molecule has 2 rings (SSSR count). The fourth-order valence-electron chi connectivity index (χ4n) is 3.46. The summed E-state index contributed by atoms with van der Waals surface area (Å²) in [6.45, 7) is 7.20. The van der Waals surface area contributed by atoms with Crippen molar-refractivity contribution in [1.29, 1.82) is 0 Å². The van der Waals surface area contributed by atoms with Crippen molar-refractivity contribution in [3.8, 4) is 0 Å². The molecule has 1 nitrogen and oxygen atoms in total. The third kappa shape index (κ3) is 3.17. The van der Waals surface area contributed by atoms with Crippen LogP contribution in [0.3, 0.4) is 0 Å². The first-order chi connectivity index (χ1) is 9.02. The normalized spacial score (nSPS) is 27.8. The molecular weight excluding hydrogens is 237 g/mol. The van der Waals surface area contributed by atoms with Gasteiger partial charge in [0.15, 0.2) is 0 Å². The maximum atomic E-state index is 13.4. The molecule has 1 aromatic carbocycles. The second-order valence-electron chi connectivity index (χ2n) is 6.43. The van der Waals surface area contributed by atoms with E-state index in [1.54, 1.807) is 6.07 Å². The number of rotatable bonds is 3. The van der Waals surface area contributed by atoms with Crippen LogP contribution in [0.2, 0.25) is 0 Å². The minimum Gasteiger partial charge on any atom is -0.330 e. The van der Waals surface area contributed by atoms with Crippen molar-refractivity contribution in [2.24, 2.45) is 23.5 Å². The van der Waals surface area contributed by atoms with Gasteiger partial charge in [-0.05, 0) is 73.6 Å². The van der Waals surface area contributed by atoms with Crippen LogP contribution in [-0.4, -0.2) is 6.54 Å². The Morgan fingerprint density at radius 3 is 2.63 bits per heavy atom. The predicted molar refractivity (Wildman–Crippen MR) is 78.6 cm³/mol. The van der Waals surface area contributed by atoms with Crippen molar-refractivity contribution >= 4 is 0 Å². The number of halogens is 1. The van der Waals surface area contributed by atoms with Crippen molar-refractivity contribution in [1.82, 2.24) is 0 Å². The molecule has 3 atom stereocenters. The molecule has 0 spiro atoms. The molecule has 0 aliphatic heterocycles. The first-order valence-corrected chi connectivity index (χ1v) is 7.49. The zero-order valence-electron chi connectivity index (χ0n) is 12.3. The molecule has 1 aliphatic carbocycles. The molecule has 0 heterocycles. The minimum atomic E-state index is -0.107. The average Bonchev–Trinajstić information content (AvgIpc) is 2.41. The van der Waals surface area contributed by atoms with Crippen LogP contribution in [0, 0.1) is 30.5 Å². The minimum absolute atomic E-state index is 0.107.